The van der Waals surface area contributed by atoms with Crippen molar-refractivity contribution in [1.82, 2.24) is 20.5 Å². The molecule has 0 bridgehead atoms. The van der Waals surface area contributed by atoms with Crippen molar-refractivity contribution in [2.75, 3.05) is 20.8 Å². The van der Waals surface area contributed by atoms with Crippen LogP contribution < -0.4 is 20.1 Å². The summed E-state index contributed by atoms with van der Waals surface area (Å²) >= 11 is 0. The summed E-state index contributed by atoms with van der Waals surface area (Å²) in [6.45, 7) is 9.11. The zero-order valence-electron chi connectivity index (χ0n) is 29.1. The third kappa shape index (κ3) is 7.43. The van der Waals surface area contributed by atoms with Crippen LogP contribution in [0.15, 0.2) is 36.9 Å². The minimum Gasteiger partial charge on any atom is -0.497 e. The van der Waals surface area contributed by atoms with E-state index in [-0.39, 0.29) is 36.4 Å². The second-order valence-electron chi connectivity index (χ2n) is 14.1. The number of esters is 1. The highest BCUT2D eigenvalue weighted by Gasteiger charge is 2.62. The van der Waals surface area contributed by atoms with Crippen LogP contribution in [-0.4, -0.2) is 96.4 Å². The second-order valence-corrected chi connectivity index (χ2v) is 14.1. The molecule has 2 aromatic rings. The Morgan fingerprint density at radius 1 is 1.10 bits per heavy atom. The molecule has 1 aromatic carbocycles. The monoisotopic (exact) mass is 691 g/mol. The number of likely N-dealkylation sites (tertiary alicyclic amines) is 1. The van der Waals surface area contributed by atoms with Gasteiger partial charge in [0.05, 0.1) is 32.5 Å². The van der Waals surface area contributed by atoms with Gasteiger partial charge in [-0.3, -0.25) is 14.4 Å². The molecule has 3 aliphatic rings. The number of nitrogens with one attached hydrogen (secondary N) is 3. The van der Waals surface area contributed by atoms with Gasteiger partial charge < -0.3 is 39.9 Å². The summed E-state index contributed by atoms with van der Waals surface area (Å²) in [7, 11) is 2.73. The molecule has 2 heterocycles. The predicted molar refractivity (Wildman–Crippen MR) is 182 cm³/mol. The third-order valence-electron chi connectivity index (χ3n) is 9.65. The number of benzene rings is 1. The fourth-order valence-electron chi connectivity index (χ4n) is 6.77. The van der Waals surface area contributed by atoms with E-state index in [9.17, 15) is 24.0 Å². The summed E-state index contributed by atoms with van der Waals surface area (Å²) in [5, 5.41) is 13.6. The smallest absolute Gasteiger partial charge is 0.408 e. The van der Waals surface area contributed by atoms with Gasteiger partial charge in [-0.1, -0.05) is 26.8 Å². The van der Waals surface area contributed by atoms with Gasteiger partial charge in [0.1, 0.15) is 47.0 Å². The summed E-state index contributed by atoms with van der Waals surface area (Å²) in [5.74, 6) is -1.98. The van der Waals surface area contributed by atoms with E-state index >= 15 is 0 Å². The van der Waals surface area contributed by atoms with E-state index < -0.39 is 58.8 Å². The molecule has 2 saturated carbocycles. The molecule has 0 spiro atoms. The molecule has 5 rings (SSSR count). The average Bonchev–Trinajstić information content (AvgIpc) is 3.36. The number of carbonyl (C=O) groups is 5. The number of rotatable bonds is 12. The standard InChI is InChI=1S/C36H45N5O9/c1-7-20-17-36(20,33(45)48-6)40-31(43)27-15-23(49-29-16-26(28(42)18-37)38-25-14-22(47-5)12-13-24(25)29)19-41(27)32(44)30(35(2,3)4)39-34(46)50-21-10-8-9-11-21/h7,12-14,16,18,20-21,23,27,30,37H,1,8-11,15,17,19H2,2-6H3,(H,39,46)(H,40,43)/t20-,23-,27+,30-,36-/m1/s1. The molecule has 3 amide bonds. The molecule has 50 heavy (non-hydrogen) atoms. The Morgan fingerprint density at radius 3 is 2.42 bits per heavy atom. The van der Waals surface area contributed by atoms with Crippen molar-refractivity contribution in [2.45, 2.75) is 89.1 Å². The van der Waals surface area contributed by atoms with Crippen molar-refractivity contribution in [1.29, 1.82) is 5.41 Å². The number of hydrogen-bond acceptors (Lipinski definition) is 11. The number of methoxy groups -OCH3 is 2. The van der Waals surface area contributed by atoms with E-state index in [1.165, 1.54) is 25.2 Å². The number of carbonyl (C=O) groups excluding carboxylic acids is 5. The van der Waals surface area contributed by atoms with E-state index in [0.29, 0.717) is 29.3 Å². The number of amides is 3. The predicted octanol–water partition coefficient (Wildman–Crippen LogP) is 3.74. The average molecular weight is 692 g/mol. The zero-order chi connectivity index (χ0) is 36.4. The lowest BCUT2D eigenvalue weighted by molar-refractivity contribution is -0.148. The summed E-state index contributed by atoms with van der Waals surface area (Å²) in [6.07, 6.45) is 4.28. The van der Waals surface area contributed by atoms with Gasteiger partial charge in [-0.15, -0.1) is 6.58 Å². The first-order valence-electron chi connectivity index (χ1n) is 16.8. The molecule has 14 heteroatoms. The van der Waals surface area contributed by atoms with Crippen molar-refractivity contribution in [3.8, 4) is 11.5 Å². The lowest BCUT2D eigenvalue weighted by Crippen LogP contribution is -2.59. The SMILES string of the molecule is C=C[C@@H]1C[C@]1(NC(=O)[C@@H]1C[C@@H](Oc2cc(C(=O)C=N)nc3cc(OC)ccc23)CN1C(=O)[C@@H](NC(=O)OC1CCCC1)C(C)(C)C)C(=O)OC. The molecule has 268 valence electrons. The largest absolute Gasteiger partial charge is 0.497 e. The third-order valence-corrected chi connectivity index (χ3v) is 9.65. The molecule has 3 fully saturated rings. The summed E-state index contributed by atoms with van der Waals surface area (Å²) in [6, 6.07) is 4.30. The number of nitrogens with zero attached hydrogens (tertiary/aromatic N) is 2. The van der Waals surface area contributed by atoms with Gasteiger partial charge in [0.25, 0.3) is 0 Å². The molecule has 5 atom stereocenters. The lowest BCUT2D eigenvalue weighted by atomic mass is 9.85. The van der Waals surface area contributed by atoms with Crippen LogP contribution in [0.25, 0.3) is 10.9 Å². The Hall–Kier alpha value is -5.01. The van der Waals surface area contributed by atoms with Crippen LogP contribution in [-0.2, 0) is 23.9 Å². The zero-order valence-corrected chi connectivity index (χ0v) is 29.1. The van der Waals surface area contributed by atoms with Gasteiger partial charge in [0.15, 0.2) is 0 Å². The highest BCUT2D eigenvalue weighted by atomic mass is 16.6. The Balaban J connectivity index is 1.47. The van der Waals surface area contributed by atoms with Crippen molar-refractivity contribution in [2.24, 2.45) is 11.3 Å². The van der Waals surface area contributed by atoms with Crippen LogP contribution in [0.1, 0.15) is 69.8 Å². The van der Waals surface area contributed by atoms with E-state index in [1.807, 2.05) is 0 Å². The topological polar surface area (TPSA) is 186 Å². The Kier molecular flexibility index (Phi) is 10.5. The second kappa shape index (κ2) is 14.5. The van der Waals surface area contributed by atoms with Crippen LogP contribution >= 0.6 is 0 Å². The number of aromatic nitrogens is 1. The maximum Gasteiger partial charge on any atom is 0.408 e. The van der Waals surface area contributed by atoms with Gasteiger partial charge in [0.2, 0.25) is 17.6 Å². The van der Waals surface area contributed by atoms with E-state index in [1.54, 1.807) is 45.0 Å². The molecule has 2 aliphatic carbocycles. The van der Waals surface area contributed by atoms with Crippen molar-refractivity contribution < 1.29 is 42.9 Å². The minimum absolute atomic E-state index is 0.0186. The quantitative estimate of drug-likeness (QED) is 0.128. The number of alkyl carbamates (subject to hydrolysis) is 1. The molecule has 3 N–H and O–H groups in total. The highest BCUT2D eigenvalue weighted by Crippen LogP contribution is 2.45. The van der Waals surface area contributed by atoms with Gasteiger partial charge in [-0.2, -0.15) is 0 Å². The minimum atomic E-state index is -1.31. The van der Waals surface area contributed by atoms with Crippen LogP contribution in [0, 0.1) is 16.7 Å². The first kappa shape index (κ1) is 36.3. The van der Waals surface area contributed by atoms with Gasteiger partial charge >= 0.3 is 12.1 Å². The molecule has 1 aliphatic heterocycles. The van der Waals surface area contributed by atoms with E-state index in [0.717, 1.165) is 25.7 Å². The highest BCUT2D eigenvalue weighted by molar-refractivity contribution is 6.34. The fourth-order valence-corrected chi connectivity index (χ4v) is 6.77. The molecule has 0 unspecified atom stereocenters. The summed E-state index contributed by atoms with van der Waals surface area (Å²) < 4.78 is 22.4. The van der Waals surface area contributed by atoms with Crippen LogP contribution in [0.3, 0.4) is 0 Å². The fraction of sp³-hybridized carbons (Fsp3) is 0.528. The molecule has 0 radical (unpaired) electrons. The van der Waals surface area contributed by atoms with E-state index in [2.05, 4.69) is 22.2 Å². The van der Waals surface area contributed by atoms with Gasteiger partial charge in [0, 0.05) is 29.9 Å². The number of ketones is 1. The number of fused-ring (bicyclic) bond motifs is 1. The van der Waals surface area contributed by atoms with E-state index in [4.69, 9.17) is 24.4 Å². The van der Waals surface area contributed by atoms with Crippen molar-refractivity contribution in [3.05, 3.63) is 42.6 Å². The Labute approximate surface area is 290 Å². The normalized spacial score (nSPS) is 23.8. The maximum atomic E-state index is 14.5. The van der Waals surface area contributed by atoms with Crippen molar-refractivity contribution >= 4 is 46.8 Å². The van der Waals surface area contributed by atoms with Crippen LogP contribution in [0.4, 0.5) is 4.79 Å². The molecule has 1 saturated heterocycles. The van der Waals surface area contributed by atoms with Gasteiger partial charge in [-0.25, -0.2) is 14.6 Å². The Morgan fingerprint density at radius 2 is 1.82 bits per heavy atom. The molecule has 14 nitrogen and oxygen atoms in total. The first-order chi connectivity index (χ1) is 23.7. The molecular weight excluding hydrogens is 646 g/mol. The number of Topliss-reactive ketones (excluding diaryl/α,β-unsaturated/α-hetero) is 1. The number of hydrogen-bond donors (Lipinski definition) is 3. The van der Waals surface area contributed by atoms with Crippen molar-refractivity contribution in [3.63, 3.8) is 0 Å². The Bertz CT molecular complexity index is 1700. The molecular formula is C36H45N5O9. The first-order valence-corrected chi connectivity index (χ1v) is 16.8. The summed E-state index contributed by atoms with van der Waals surface area (Å²) in [4.78, 5) is 72.6. The van der Waals surface area contributed by atoms with Crippen LogP contribution in [0.5, 0.6) is 11.5 Å². The number of pyridine rings is 1. The van der Waals surface area contributed by atoms with Crippen LogP contribution in [0.2, 0.25) is 0 Å². The number of ether oxygens (including phenoxy) is 4. The summed E-state index contributed by atoms with van der Waals surface area (Å²) in [5.41, 5.74) is -1.74. The van der Waals surface area contributed by atoms with Gasteiger partial charge in [-0.05, 0) is 49.7 Å². The molecule has 1 aromatic heterocycles. The lowest BCUT2D eigenvalue weighted by Gasteiger charge is -2.35. The maximum absolute atomic E-state index is 14.5.